The van der Waals surface area contributed by atoms with Gasteiger partial charge in [0.25, 0.3) is 0 Å². The minimum Gasteiger partial charge on any atom is -0.445 e. The molecule has 0 bridgehead atoms. The number of rotatable bonds is 14. The number of alkyl halides is 2. The van der Waals surface area contributed by atoms with Crippen molar-refractivity contribution >= 4 is 24.2 Å². The molecule has 1 fully saturated rings. The Bertz CT molecular complexity index is 865. The Kier molecular flexibility index (Phi) is 13.0. The first-order chi connectivity index (χ1) is 17.7. The molecule has 0 radical (unpaired) electrons. The first-order valence-corrected chi connectivity index (χ1v) is 13.0. The molecule has 1 aromatic rings. The summed E-state index contributed by atoms with van der Waals surface area (Å²) < 4.78 is 30.9. The van der Waals surface area contributed by atoms with E-state index in [-0.39, 0.29) is 24.7 Å². The third-order valence-electron chi connectivity index (χ3n) is 6.83. The van der Waals surface area contributed by atoms with Crippen LogP contribution >= 0.6 is 0 Å². The fraction of sp³-hybridized carbons (Fsp3) is 0.630. The molecule has 1 saturated carbocycles. The number of ether oxygens (including phenoxy) is 1. The van der Waals surface area contributed by atoms with Gasteiger partial charge in [-0.1, -0.05) is 82.7 Å². The predicted octanol–water partition coefficient (Wildman–Crippen LogP) is 4.12. The Labute approximate surface area is 217 Å². The van der Waals surface area contributed by atoms with Crippen molar-refractivity contribution in [2.24, 2.45) is 11.8 Å². The summed E-state index contributed by atoms with van der Waals surface area (Å²) in [5, 5.41) is 7.66. The lowest BCUT2D eigenvalue weighted by Gasteiger charge is -2.30. The number of nitrogens with one attached hydrogen (secondary N) is 3. The van der Waals surface area contributed by atoms with E-state index >= 15 is 0 Å². The largest absolute Gasteiger partial charge is 0.445 e. The fourth-order valence-corrected chi connectivity index (χ4v) is 4.47. The summed E-state index contributed by atoms with van der Waals surface area (Å²) in [7, 11) is 0. The zero-order valence-electron chi connectivity index (χ0n) is 21.6. The van der Waals surface area contributed by atoms with Crippen LogP contribution < -0.4 is 16.0 Å². The standard InChI is InChI=1S/C27H39F2N3O5/c1-3-18(2)24(32-27(36)37-17-20-12-8-5-9-13-20)26(35)31-22(14-19-10-6-4-7-11-19)25(34)30-21(16-33)15-23(28)29/h5,8-9,12-13,16,18-19,21-24H,3-4,6-7,10-11,14-15,17H2,1-2H3,(H,30,34)(H,31,35)(H,32,36)/t18?,21-,22-,24-/m0/s1. The van der Waals surface area contributed by atoms with Gasteiger partial charge in [0.05, 0.1) is 6.04 Å². The van der Waals surface area contributed by atoms with Crippen LogP contribution in [-0.2, 0) is 25.7 Å². The van der Waals surface area contributed by atoms with Crippen molar-refractivity contribution in [3.63, 3.8) is 0 Å². The fourth-order valence-electron chi connectivity index (χ4n) is 4.47. The number of amides is 3. The highest BCUT2D eigenvalue weighted by Crippen LogP contribution is 2.27. The molecule has 0 aliphatic heterocycles. The average Bonchev–Trinajstić information content (AvgIpc) is 2.90. The van der Waals surface area contributed by atoms with Gasteiger partial charge in [-0.3, -0.25) is 9.59 Å². The summed E-state index contributed by atoms with van der Waals surface area (Å²) in [5.41, 5.74) is 0.792. The molecule has 0 saturated heterocycles. The van der Waals surface area contributed by atoms with E-state index in [2.05, 4.69) is 16.0 Å². The molecule has 2 rings (SSSR count). The lowest BCUT2D eigenvalue weighted by atomic mass is 9.84. The smallest absolute Gasteiger partial charge is 0.408 e. The van der Waals surface area contributed by atoms with Crippen molar-refractivity contribution in [1.82, 2.24) is 16.0 Å². The van der Waals surface area contributed by atoms with Crippen molar-refractivity contribution in [3.8, 4) is 0 Å². The monoisotopic (exact) mass is 523 g/mol. The van der Waals surface area contributed by atoms with Gasteiger partial charge in [-0.15, -0.1) is 0 Å². The molecular formula is C27H39F2N3O5. The molecule has 1 aromatic carbocycles. The number of benzene rings is 1. The highest BCUT2D eigenvalue weighted by atomic mass is 19.3. The van der Waals surface area contributed by atoms with Crippen LogP contribution in [0.2, 0.25) is 0 Å². The molecule has 0 heterocycles. The van der Waals surface area contributed by atoms with E-state index in [4.69, 9.17) is 4.74 Å². The quantitative estimate of drug-likeness (QED) is 0.318. The van der Waals surface area contributed by atoms with E-state index in [1.165, 1.54) is 0 Å². The van der Waals surface area contributed by atoms with Gasteiger partial charge in [0.1, 0.15) is 25.0 Å². The zero-order valence-corrected chi connectivity index (χ0v) is 21.6. The molecular weight excluding hydrogens is 484 g/mol. The Hall–Kier alpha value is -3.04. The summed E-state index contributed by atoms with van der Waals surface area (Å²) in [6, 6.07) is 5.75. The normalized spacial score (nSPS) is 17.2. The Balaban J connectivity index is 2.09. The molecule has 3 amide bonds. The Morgan fingerprint density at radius 2 is 1.70 bits per heavy atom. The van der Waals surface area contributed by atoms with Crippen LogP contribution in [0.4, 0.5) is 13.6 Å². The maximum absolute atomic E-state index is 13.3. The van der Waals surface area contributed by atoms with E-state index in [9.17, 15) is 28.0 Å². The minimum absolute atomic E-state index is 0.0332. The van der Waals surface area contributed by atoms with E-state index in [1.807, 2.05) is 25.1 Å². The minimum atomic E-state index is -2.76. The zero-order chi connectivity index (χ0) is 27.2. The molecule has 37 heavy (non-hydrogen) atoms. The number of hydrogen-bond acceptors (Lipinski definition) is 5. The number of alkyl carbamates (subject to hydrolysis) is 1. The van der Waals surface area contributed by atoms with Crippen molar-refractivity contribution < 1.29 is 32.7 Å². The predicted molar refractivity (Wildman–Crippen MR) is 135 cm³/mol. The van der Waals surface area contributed by atoms with E-state index in [0.29, 0.717) is 12.8 Å². The van der Waals surface area contributed by atoms with Gasteiger partial charge in [-0.05, 0) is 23.8 Å². The number of aldehydes is 1. The van der Waals surface area contributed by atoms with Crippen molar-refractivity contribution in [2.75, 3.05) is 0 Å². The maximum atomic E-state index is 13.3. The molecule has 4 atom stereocenters. The SMILES string of the molecule is CCC(C)[C@H](NC(=O)OCc1ccccc1)C(=O)N[C@@H](CC1CCCCC1)C(=O)N[C@H](C=O)CC(F)F. The van der Waals surface area contributed by atoms with Crippen LogP contribution in [-0.4, -0.2) is 48.7 Å². The summed E-state index contributed by atoms with van der Waals surface area (Å²) in [5.74, 6) is -1.35. The highest BCUT2D eigenvalue weighted by Gasteiger charge is 2.33. The van der Waals surface area contributed by atoms with Gasteiger partial charge in [-0.25, -0.2) is 13.6 Å². The molecule has 206 valence electrons. The lowest BCUT2D eigenvalue weighted by molar-refractivity contribution is -0.132. The summed E-state index contributed by atoms with van der Waals surface area (Å²) >= 11 is 0. The van der Waals surface area contributed by atoms with Gasteiger partial charge in [0.15, 0.2) is 0 Å². The third-order valence-corrected chi connectivity index (χ3v) is 6.83. The number of halogens is 2. The van der Waals surface area contributed by atoms with Gasteiger partial charge in [0.2, 0.25) is 18.2 Å². The molecule has 0 aromatic heterocycles. The first kappa shape index (κ1) is 30.2. The van der Waals surface area contributed by atoms with Crippen LogP contribution in [0.3, 0.4) is 0 Å². The van der Waals surface area contributed by atoms with Crippen LogP contribution in [0.5, 0.6) is 0 Å². The molecule has 1 aliphatic rings. The molecule has 1 unspecified atom stereocenters. The van der Waals surface area contributed by atoms with E-state index < -0.39 is 48.9 Å². The lowest BCUT2D eigenvalue weighted by Crippen LogP contribution is -2.57. The third kappa shape index (κ3) is 10.9. The van der Waals surface area contributed by atoms with Crippen LogP contribution in [0.15, 0.2) is 30.3 Å². The van der Waals surface area contributed by atoms with Gasteiger partial charge >= 0.3 is 6.09 Å². The van der Waals surface area contributed by atoms with Crippen molar-refractivity contribution in [2.45, 2.75) is 96.4 Å². The van der Waals surface area contributed by atoms with Gasteiger partial charge < -0.3 is 25.5 Å². The highest BCUT2D eigenvalue weighted by molar-refractivity contribution is 5.92. The second-order valence-electron chi connectivity index (χ2n) is 9.75. The molecule has 3 N–H and O–H groups in total. The molecule has 8 nitrogen and oxygen atoms in total. The number of carbonyl (C=O) groups is 4. The Morgan fingerprint density at radius 1 is 1.03 bits per heavy atom. The second kappa shape index (κ2) is 15.9. The second-order valence-corrected chi connectivity index (χ2v) is 9.75. The van der Waals surface area contributed by atoms with Crippen LogP contribution in [0, 0.1) is 11.8 Å². The summed E-state index contributed by atoms with van der Waals surface area (Å²) in [6.45, 7) is 3.70. The molecule has 10 heteroatoms. The van der Waals surface area contributed by atoms with Gasteiger partial charge in [0, 0.05) is 6.42 Å². The van der Waals surface area contributed by atoms with Crippen LogP contribution in [0.1, 0.15) is 70.8 Å². The first-order valence-electron chi connectivity index (χ1n) is 13.0. The van der Waals surface area contributed by atoms with E-state index in [0.717, 1.165) is 37.7 Å². The summed E-state index contributed by atoms with van der Waals surface area (Å²) in [6.07, 6.45) is 1.75. The van der Waals surface area contributed by atoms with Gasteiger partial charge in [-0.2, -0.15) is 0 Å². The molecule has 0 spiro atoms. The summed E-state index contributed by atoms with van der Waals surface area (Å²) in [4.78, 5) is 50.0. The maximum Gasteiger partial charge on any atom is 0.408 e. The van der Waals surface area contributed by atoms with Crippen LogP contribution in [0.25, 0.3) is 0 Å². The van der Waals surface area contributed by atoms with E-state index in [1.54, 1.807) is 19.1 Å². The van der Waals surface area contributed by atoms with Crippen molar-refractivity contribution in [1.29, 1.82) is 0 Å². The molecule has 1 aliphatic carbocycles. The Morgan fingerprint density at radius 3 is 2.30 bits per heavy atom. The van der Waals surface area contributed by atoms with Crippen molar-refractivity contribution in [3.05, 3.63) is 35.9 Å². The topological polar surface area (TPSA) is 114 Å². The number of hydrogen-bond donors (Lipinski definition) is 3. The average molecular weight is 524 g/mol. The number of carbonyl (C=O) groups excluding carboxylic acids is 4.